The van der Waals surface area contributed by atoms with E-state index in [9.17, 15) is 28.1 Å². The standard InChI is InChI=1S/C18H13F3N4O3/c19-18(20,21)13-6-7-16(24-9-3-8-22-24)14(11-13)23-17(26)10-12-4-1-2-5-15(12)25(27)28/h1-9,11H,10H2,(H,23,26). The molecule has 0 spiro atoms. The average Bonchev–Trinajstić information content (AvgIpc) is 3.15. The van der Waals surface area contributed by atoms with Crippen LogP contribution in [0.1, 0.15) is 11.1 Å². The van der Waals surface area contributed by atoms with Gasteiger partial charge in [-0.3, -0.25) is 14.9 Å². The van der Waals surface area contributed by atoms with E-state index < -0.39 is 22.6 Å². The summed E-state index contributed by atoms with van der Waals surface area (Å²) in [6, 6.07) is 10.1. The molecular weight excluding hydrogens is 377 g/mol. The molecule has 1 aromatic heterocycles. The largest absolute Gasteiger partial charge is 0.416 e. The Bertz CT molecular complexity index is 1020. The van der Waals surface area contributed by atoms with Crippen LogP contribution in [0.4, 0.5) is 24.5 Å². The molecule has 10 heteroatoms. The number of halogens is 3. The van der Waals surface area contributed by atoms with E-state index in [1.165, 1.54) is 47.4 Å². The van der Waals surface area contributed by atoms with Crippen LogP contribution < -0.4 is 5.32 Å². The van der Waals surface area contributed by atoms with Gasteiger partial charge in [-0.2, -0.15) is 18.3 Å². The number of amides is 1. The quantitative estimate of drug-likeness (QED) is 0.527. The van der Waals surface area contributed by atoms with Crippen molar-refractivity contribution in [3.63, 3.8) is 0 Å². The number of carbonyl (C=O) groups is 1. The number of rotatable bonds is 5. The molecule has 0 saturated carbocycles. The lowest BCUT2D eigenvalue weighted by Gasteiger charge is -2.14. The third kappa shape index (κ3) is 4.17. The maximum absolute atomic E-state index is 13.1. The number of nitro benzene ring substituents is 1. The number of benzene rings is 2. The Morgan fingerprint density at radius 2 is 1.93 bits per heavy atom. The summed E-state index contributed by atoms with van der Waals surface area (Å²) in [7, 11) is 0. The number of nitro groups is 1. The highest BCUT2D eigenvalue weighted by Gasteiger charge is 2.31. The number of aromatic nitrogens is 2. The van der Waals surface area contributed by atoms with Gasteiger partial charge in [-0.1, -0.05) is 18.2 Å². The highest BCUT2D eigenvalue weighted by molar-refractivity contribution is 5.94. The van der Waals surface area contributed by atoms with Crippen LogP contribution >= 0.6 is 0 Å². The molecule has 0 saturated heterocycles. The van der Waals surface area contributed by atoms with Crippen LogP contribution in [0.25, 0.3) is 5.69 Å². The molecule has 0 bridgehead atoms. The van der Waals surface area contributed by atoms with Crippen LogP contribution in [0.15, 0.2) is 60.9 Å². The fourth-order valence-electron chi connectivity index (χ4n) is 2.63. The van der Waals surface area contributed by atoms with Crippen LogP contribution in [0, 0.1) is 10.1 Å². The summed E-state index contributed by atoms with van der Waals surface area (Å²) < 4.78 is 40.5. The number of carbonyl (C=O) groups excluding carboxylic acids is 1. The lowest BCUT2D eigenvalue weighted by atomic mass is 10.1. The minimum absolute atomic E-state index is 0.109. The molecule has 3 aromatic rings. The third-order valence-corrected chi connectivity index (χ3v) is 3.89. The Morgan fingerprint density at radius 1 is 1.18 bits per heavy atom. The van der Waals surface area contributed by atoms with Crippen molar-refractivity contribution in [3.8, 4) is 5.69 Å². The molecule has 28 heavy (non-hydrogen) atoms. The van der Waals surface area contributed by atoms with Crippen LogP contribution in [0.3, 0.4) is 0 Å². The van der Waals surface area contributed by atoms with Crippen LogP contribution in [0.5, 0.6) is 0 Å². The first-order valence-electron chi connectivity index (χ1n) is 7.99. The molecule has 0 fully saturated rings. The molecule has 144 valence electrons. The van der Waals surface area contributed by atoms with Crippen LogP contribution in [0.2, 0.25) is 0 Å². The number of alkyl halides is 3. The summed E-state index contributed by atoms with van der Waals surface area (Å²) >= 11 is 0. The predicted molar refractivity (Wildman–Crippen MR) is 94.0 cm³/mol. The van der Waals surface area contributed by atoms with Crippen molar-refractivity contribution in [2.24, 2.45) is 0 Å². The first-order valence-corrected chi connectivity index (χ1v) is 7.99. The maximum Gasteiger partial charge on any atom is 0.416 e. The maximum atomic E-state index is 13.1. The first-order chi connectivity index (χ1) is 13.3. The van der Waals surface area contributed by atoms with Gasteiger partial charge in [-0.25, -0.2) is 4.68 Å². The molecule has 0 aliphatic rings. The Balaban J connectivity index is 1.92. The Labute approximate surface area is 156 Å². The Hall–Kier alpha value is -3.69. The summed E-state index contributed by atoms with van der Waals surface area (Å²) in [6.07, 6.45) is -2.01. The summed E-state index contributed by atoms with van der Waals surface area (Å²) in [6.45, 7) is 0. The third-order valence-electron chi connectivity index (χ3n) is 3.89. The van der Waals surface area contributed by atoms with E-state index >= 15 is 0 Å². The van der Waals surface area contributed by atoms with E-state index in [-0.39, 0.29) is 29.0 Å². The van der Waals surface area contributed by atoms with Gasteiger partial charge in [0.25, 0.3) is 5.69 Å². The molecule has 3 rings (SSSR count). The molecule has 1 amide bonds. The van der Waals surface area contributed by atoms with E-state index in [1.54, 1.807) is 6.07 Å². The first kappa shape index (κ1) is 19.1. The minimum atomic E-state index is -4.60. The Morgan fingerprint density at radius 3 is 2.57 bits per heavy atom. The molecule has 0 atom stereocenters. The smallest absolute Gasteiger partial charge is 0.324 e. The predicted octanol–water partition coefficient (Wildman–Crippen LogP) is 3.98. The second-order valence-electron chi connectivity index (χ2n) is 5.79. The van der Waals surface area contributed by atoms with E-state index in [0.29, 0.717) is 0 Å². The van der Waals surface area contributed by atoms with Crippen molar-refractivity contribution in [2.75, 3.05) is 5.32 Å². The van der Waals surface area contributed by atoms with Gasteiger partial charge in [0.15, 0.2) is 0 Å². The highest BCUT2D eigenvalue weighted by atomic mass is 19.4. The zero-order valence-electron chi connectivity index (χ0n) is 14.2. The molecule has 1 heterocycles. The zero-order valence-corrected chi connectivity index (χ0v) is 14.2. The number of nitrogens with one attached hydrogen (secondary N) is 1. The second kappa shape index (κ2) is 7.51. The summed E-state index contributed by atoms with van der Waals surface area (Å²) in [5.74, 6) is -0.693. The molecular formula is C18H13F3N4O3. The summed E-state index contributed by atoms with van der Waals surface area (Å²) in [5, 5.41) is 17.4. The highest BCUT2D eigenvalue weighted by Crippen LogP contribution is 2.33. The van der Waals surface area contributed by atoms with E-state index in [2.05, 4.69) is 10.4 Å². The average molecular weight is 390 g/mol. The molecule has 0 aliphatic heterocycles. The van der Waals surface area contributed by atoms with Gasteiger partial charge in [0.05, 0.1) is 28.3 Å². The summed E-state index contributed by atoms with van der Waals surface area (Å²) in [4.78, 5) is 22.8. The van der Waals surface area contributed by atoms with Crippen molar-refractivity contribution < 1.29 is 22.9 Å². The van der Waals surface area contributed by atoms with Crippen molar-refractivity contribution in [2.45, 2.75) is 12.6 Å². The molecule has 0 unspecified atom stereocenters. The van der Waals surface area contributed by atoms with Gasteiger partial charge in [-0.05, 0) is 24.3 Å². The molecule has 0 radical (unpaired) electrons. The SMILES string of the molecule is O=C(Cc1ccccc1[N+](=O)[O-])Nc1cc(C(F)(F)F)ccc1-n1cccn1. The Kier molecular flexibility index (Phi) is 5.12. The number of nitrogens with zero attached hydrogens (tertiary/aromatic N) is 3. The van der Waals surface area contributed by atoms with Gasteiger partial charge in [0.1, 0.15) is 0 Å². The number of anilines is 1. The monoisotopic (exact) mass is 390 g/mol. The van der Waals surface area contributed by atoms with Crippen LogP contribution in [-0.2, 0) is 17.4 Å². The van der Waals surface area contributed by atoms with Crippen molar-refractivity contribution >= 4 is 17.3 Å². The van der Waals surface area contributed by atoms with E-state index in [4.69, 9.17) is 0 Å². The fourth-order valence-corrected chi connectivity index (χ4v) is 2.63. The molecule has 7 nitrogen and oxygen atoms in total. The molecule has 1 N–H and O–H groups in total. The number of para-hydroxylation sites is 1. The summed E-state index contributed by atoms with van der Waals surface area (Å²) in [5.41, 5.74) is -0.910. The van der Waals surface area contributed by atoms with E-state index in [0.717, 1.165) is 12.1 Å². The van der Waals surface area contributed by atoms with E-state index in [1.807, 2.05) is 0 Å². The van der Waals surface area contributed by atoms with Gasteiger partial charge < -0.3 is 5.32 Å². The van der Waals surface area contributed by atoms with Crippen molar-refractivity contribution in [1.29, 1.82) is 0 Å². The fraction of sp³-hybridized carbons (Fsp3) is 0.111. The van der Waals surface area contributed by atoms with Crippen LogP contribution in [-0.4, -0.2) is 20.6 Å². The lowest BCUT2D eigenvalue weighted by molar-refractivity contribution is -0.385. The zero-order chi connectivity index (χ0) is 20.3. The number of hydrogen-bond donors (Lipinski definition) is 1. The van der Waals surface area contributed by atoms with Gasteiger partial charge in [0, 0.05) is 24.0 Å². The topological polar surface area (TPSA) is 90.1 Å². The van der Waals surface area contributed by atoms with Crippen molar-refractivity contribution in [1.82, 2.24) is 9.78 Å². The second-order valence-corrected chi connectivity index (χ2v) is 5.79. The molecule has 2 aromatic carbocycles. The van der Waals surface area contributed by atoms with Gasteiger partial charge in [-0.15, -0.1) is 0 Å². The van der Waals surface area contributed by atoms with Crippen molar-refractivity contribution in [3.05, 3.63) is 82.2 Å². The van der Waals surface area contributed by atoms with Gasteiger partial charge >= 0.3 is 6.18 Å². The molecule has 0 aliphatic carbocycles. The van der Waals surface area contributed by atoms with Gasteiger partial charge in [0.2, 0.25) is 5.91 Å². The number of hydrogen-bond acceptors (Lipinski definition) is 4. The lowest BCUT2D eigenvalue weighted by Crippen LogP contribution is -2.18. The minimum Gasteiger partial charge on any atom is -0.324 e. The normalized spacial score (nSPS) is 11.2.